The fourth-order valence-electron chi connectivity index (χ4n) is 2.86. The van der Waals surface area contributed by atoms with Crippen LogP contribution in [0.3, 0.4) is 0 Å². The van der Waals surface area contributed by atoms with E-state index in [4.69, 9.17) is 4.74 Å². The minimum Gasteiger partial charge on any atom is -0.378 e. The third kappa shape index (κ3) is 7.06. The zero-order chi connectivity index (χ0) is 19.5. The van der Waals surface area contributed by atoms with E-state index in [2.05, 4.69) is 58.5 Å². The molecular weight excluding hydrogens is 338 g/mol. The van der Waals surface area contributed by atoms with Crippen LogP contribution < -0.4 is 10.6 Å². The van der Waals surface area contributed by atoms with Crippen LogP contribution in [0, 0.1) is 5.92 Å². The Bertz CT molecular complexity index is 681. The predicted molar refractivity (Wildman–Crippen MR) is 112 cm³/mol. The first-order valence-electron chi connectivity index (χ1n) is 9.87. The lowest BCUT2D eigenvalue weighted by Crippen LogP contribution is -2.39. The van der Waals surface area contributed by atoms with Crippen molar-refractivity contribution in [3.63, 3.8) is 0 Å². The van der Waals surface area contributed by atoms with Gasteiger partial charge in [-0.3, -0.25) is 0 Å². The standard InChI is InChI=1S/C21H33N5O/c1-5-22-21(23-13-12-19(16(3)4)27-6-2)25-15-20-24-14-18(26-20)17-10-8-7-9-11-17/h7-11,14,16,19H,5-6,12-13,15H2,1-4H3,(H,24,26)(H2,22,23,25). The molecule has 0 aliphatic carbocycles. The summed E-state index contributed by atoms with van der Waals surface area (Å²) in [5, 5.41) is 6.67. The van der Waals surface area contributed by atoms with Crippen LogP contribution >= 0.6 is 0 Å². The number of H-pyrrole nitrogens is 1. The summed E-state index contributed by atoms with van der Waals surface area (Å²) in [6.07, 6.45) is 3.08. The average molecular weight is 372 g/mol. The van der Waals surface area contributed by atoms with Gasteiger partial charge >= 0.3 is 0 Å². The minimum absolute atomic E-state index is 0.267. The molecule has 0 fully saturated rings. The number of rotatable bonds is 10. The van der Waals surface area contributed by atoms with E-state index in [1.807, 2.05) is 31.3 Å². The number of nitrogens with zero attached hydrogens (tertiary/aromatic N) is 2. The Morgan fingerprint density at radius 3 is 2.63 bits per heavy atom. The first-order chi connectivity index (χ1) is 13.1. The first-order valence-corrected chi connectivity index (χ1v) is 9.87. The van der Waals surface area contributed by atoms with Gasteiger partial charge in [0.2, 0.25) is 0 Å². The molecular formula is C21H33N5O. The van der Waals surface area contributed by atoms with Crippen molar-refractivity contribution in [2.24, 2.45) is 10.9 Å². The monoisotopic (exact) mass is 371 g/mol. The normalized spacial score (nSPS) is 13.0. The van der Waals surface area contributed by atoms with E-state index in [1.54, 1.807) is 0 Å². The van der Waals surface area contributed by atoms with Gasteiger partial charge in [-0.25, -0.2) is 9.98 Å². The highest BCUT2D eigenvalue weighted by Crippen LogP contribution is 2.16. The Balaban J connectivity index is 1.90. The third-order valence-corrected chi connectivity index (χ3v) is 4.29. The molecule has 0 radical (unpaired) electrons. The van der Waals surface area contributed by atoms with Crippen molar-refractivity contribution in [3.05, 3.63) is 42.4 Å². The second kappa shape index (κ2) is 11.4. The van der Waals surface area contributed by atoms with Crippen LogP contribution in [0.15, 0.2) is 41.5 Å². The number of imidazole rings is 1. The quantitative estimate of drug-likeness (QED) is 0.441. The molecule has 0 amide bonds. The van der Waals surface area contributed by atoms with E-state index in [0.29, 0.717) is 12.5 Å². The van der Waals surface area contributed by atoms with Crippen molar-refractivity contribution in [2.75, 3.05) is 19.7 Å². The molecule has 0 bridgehead atoms. The molecule has 27 heavy (non-hydrogen) atoms. The largest absolute Gasteiger partial charge is 0.378 e. The molecule has 0 spiro atoms. The summed E-state index contributed by atoms with van der Waals surface area (Å²) in [7, 11) is 0. The molecule has 6 heteroatoms. The maximum atomic E-state index is 5.80. The van der Waals surface area contributed by atoms with Gasteiger partial charge in [0.05, 0.1) is 18.0 Å². The van der Waals surface area contributed by atoms with Crippen molar-refractivity contribution in [2.45, 2.75) is 46.8 Å². The van der Waals surface area contributed by atoms with Crippen LogP contribution in [0.5, 0.6) is 0 Å². The van der Waals surface area contributed by atoms with Crippen LogP contribution in [-0.4, -0.2) is 41.7 Å². The number of aromatic nitrogens is 2. The molecule has 6 nitrogen and oxygen atoms in total. The Kier molecular flexibility index (Phi) is 8.84. The zero-order valence-electron chi connectivity index (χ0n) is 17.0. The highest BCUT2D eigenvalue weighted by Gasteiger charge is 2.13. The fraction of sp³-hybridized carbons (Fsp3) is 0.524. The molecule has 0 aliphatic rings. The number of ether oxygens (including phenoxy) is 1. The summed E-state index contributed by atoms with van der Waals surface area (Å²) < 4.78 is 5.80. The molecule has 0 saturated heterocycles. The fourth-order valence-corrected chi connectivity index (χ4v) is 2.86. The van der Waals surface area contributed by atoms with Crippen molar-refractivity contribution < 1.29 is 4.74 Å². The van der Waals surface area contributed by atoms with Crippen LogP contribution in [0.4, 0.5) is 0 Å². The highest BCUT2D eigenvalue weighted by molar-refractivity contribution is 5.79. The molecule has 1 aromatic heterocycles. The van der Waals surface area contributed by atoms with Gasteiger partial charge in [-0.2, -0.15) is 0 Å². The van der Waals surface area contributed by atoms with Gasteiger partial charge in [0.25, 0.3) is 0 Å². The van der Waals surface area contributed by atoms with Crippen molar-refractivity contribution in [1.82, 2.24) is 20.6 Å². The molecule has 3 N–H and O–H groups in total. The number of benzene rings is 1. The lowest BCUT2D eigenvalue weighted by Gasteiger charge is -2.21. The van der Waals surface area contributed by atoms with Gasteiger partial charge in [0, 0.05) is 19.7 Å². The van der Waals surface area contributed by atoms with Gasteiger partial charge in [-0.1, -0.05) is 44.2 Å². The van der Waals surface area contributed by atoms with Crippen molar-refractivity contribution in [1.29, 1.82) is 0 Å². The van der Waals surface area contributed by atoms with Crippen LogP contribution in [0.2, 0.25) is 0 Å². The van der Waals surface area contributed by atoms with E-state index in [1.165, 1.54) is 0 Å². The topological polar surface area (TPSA) is 74.3 Å². The smallest absolute Gasteiger partial charge is 0.191 e. The number of hydrogen-bond acceptors (Lipinski definition) is 3. The molecule has 0 saturated carbocycles. The second-order valence-corrected chi connectivity index (χ2v) is 6.76. The SMILES string of the molecule is CCNC(=NCc1ncc(-c2ccccc2)[nH]1)NCCC(OCC)C(C)C. The zero-order valence-corrected chi connectivity index (χ0v) is 17.0. The second-order valence-electron chi connectivity index (χ2n) is 6.76. The van der Waals surface area contributed by atoms with Crippen LogP contribution in [-0.2, 0) is 11.3 Å². The van der Waals surface area contributed by atoms with E-state index in [-0.39, 0.29) is 6.10 Å². The Labute approximate surface area is 162 Å². The Hall–Kier alpha value is -2.34. The Morgan fingerprint density at radius 1 is 1.19 bits per heavy atom. The van der Waals surface area contributed by atoms with E-state index in [0.717, 1.165) is 49.2 Å². The van der Waals surface area contributed by atoms with E-state index >= 15 is 0 Å². The molecule has 2 aromatic rings. The van der Waals surface area contributed by atoms with E-state index in [9.17, 15) is 0 Å². The number of aromatic amines is 1. The highest BCUT2D eigenvalue weighted by atomic mass is 16.5. The van der Waals surface area contributed by atoms with Gasteiger partial charge in [-0.15, -0.1) is 0 Å². The molecule has 1 unspecified atom stereocenters. The average Bonchev–Trinajstić information content (AvgIpc) is 3.15. The summed E-state index contributed by atoms with van der Waals surface area (Å²) in [5.41, 5.74) is 2.14. The summed E-state index contributed by atoms with van der Waals surface area (Å²) in [6, 6.07) is 10.2. The van der Waals surface area contributed by atoms with Crippen molar-refractivity contribution >= 4 is 5.96 Å². The lowest BCUT2D eigenvalue weighted by molar-refractivity contribution is 0.0258. The number of hydrogen-bond donors (Lipinski definition) is 3. The number of guanidine groups is 1. The Morgan fingerprint density at radius 2 is 1.96 bits per heavy atom. The van der Waals surface area contributed by atoms with Gasteiger partial charge in [0.1, 0.15) is 12.4 Å². The van der Waals surface area contributed by atoms with Crippen molar-refractivity contribution in [3.8, 4) is 11.3 Å². The van der Waals surface area contributed by atoms with Gasteiger partial charge in [0.15, 0.2) is 5.96 Å². The first kappa shape index (κ1) is 21.0. The number of aliphatic imine (C=N–C) groups is 1. The lowest BCUT2D eigenvalue weighted by atomic mass is 10.0. The molecule has 1 aromatic carbocycles. The summed E-state index contributed by atoms with van der Waals surface area (Å²) in [4.78, 5) is 12.4. The van der Waals surface area contributed by atoms with Gasteiger partial charge in [-0.05, 0) is 31.7 Å². The summed E-state index contributed by atoms with van der Waals surface area (Å²) in [6.45, 7) is 11.4. The minimum atomic E-state index is 0.267. The maximum absolute atomic E-state index is 5.80. The maximum Gasteiger partial charge on any atom is 0.191 e. The van der Waals surface area contributed by atoms with Crippen LogP contribution in [0.25, 0.3) is 11.3 Å². The summed E-state index contributed by atoms with van der Waals surface area (Å²) >= 11 is 0. The van der Waals surface area contributed by atoms with Gasteiger partial charge < -0.3 is 20.4 Å². The summed E-state index contributed by atoms with van der Waals surface area (Å²) in [5.74, 6) is 2.15. The molecule has 148 valence electrons. The van der Waals surface area contributed by atoms with Crippen LogP contribution in [0.1, 0.15) is 39.9 Å². The van der Waals surface area contributed by atoms with E-state index < -0.39 is 0 Å². The molecule has 1 heterocycles. The number of nitrogens with one attached hydrogen (secondary N) is 3. The molecule has 1 atom stereocenters. The molecule has 0 aliphatic heterocycles. The predicted octanol–water partition coefficient (Wildman–Crippen LogP) is 3.58. The molecule has 2 rings (SSSR count). The third-order valence-electron chi connectivity index (χ3n) is 4.29.